The molecule has 1 aromatic rings. The summed E-state index contributed by atoms with van der Waals surface area (Å²) in [6.07, 6.45) is 0.907. The predicted molar refractivity (Wildman–Crippen MR) is 72.3 cm³/mol. The van der Waals surface area contributed by atoms with Crippen LogP contribution in [0.1, 0.15) is 35.4 Å². The Labute approximate surface area is 122 Å². The van der Waals surface area contributed by atoms with Crippen LogP contribution < -0.4 is 0 Å². The summed E-state index contributed by atoms with van der Waals surface area (Å²) in [5.74, 6) is -0.936. The van der Waals surface area contributed by atoms with Gasteiger partial charge in [0.15, 0.2) is 0 Å². The maximum atomic E-state index is 12.5. The van der Waals surface area contributed by atoms with Crippen molar-refractivity contribution in [2.45, 2.75) is 25.0 Å². The molecule has 6 heteroatoms. The number of aliphatic hydroxyl groups is 1. The Bertz CT molecular complexity index is 673. The normalized spacial score (nSPS) is 25.3. The van der Waals surface area contributed by atoms with Gasteiger partial charge in [-0.1, -0.05) is 6.07 Å². The SMILES string of the molecule is N#Cc1ccc(C2C(=O)N3CCCCN3C2O)c(C#N)c1. The lowest BCUT2D eigenvalue weighted by molar-refractivity contribution is -0.148. The third-order valence-electron chi connectivity index (χ3n) is 4.08. The highest BCUT2D eigenvalue weighted by atomic mass is 16.3. The van der Waals surface area contributed by atoms with Crippen molar-refractivity contribution in [3.05, 3.63) is 34.9 Å². The lowest BCUT2D eigenvalue weighted by Crippen LogP contribution is -2.46. The van der Waals surface area contributed by atoms with Crippen LogP contribution in [0.4, 0.5) is 0 Å². The van der Waals surface area contributed by atoms with Crippen LogP contribution in [0, 0.1) is 22.7 Å². The molecule has 6 nitrogen and oxygen atoms in total. The molecule has 0 aromatic heterocycles. The maximum Gasteiger partial charge on any atom is 0.248 e. The van der Waals surface area contributed by atoms with Crippen LogP contribution in [0.25, 0.3) is 0 Å². The van der Waals surface area contributed by atoms with Crippen LogP contribution in [0.3, 0.4) is 0 Å². The van der Waals surface area contributed by atoms with Crippen molar-refractivity contribution >= 4 is 5.91 Å². The van der Waals surface area contributed by atoms with Crippen LogP contribution in [-0.4, -0.2) is 40.3 Å². The zero-order valence-corrected chi connectivity index (χ0v) is 11.4. The number of carbonyl (C=O) groups excluding carboxylic acids is 1. The van der Waals surface area contributed by atoms with Gasteiger partial charge in [-0.3, -0.25) is 9.80 Å². The number of rotatable bonds is 1. The third-order valence-corrected chi connectivity index (χ3v) is 4.08. The second kappa shape index (κ2) is 5.17. The summed E-state index contributed by atoms with van der Waals surface area (Å²) in [6, 6.07) is 8.62. The van der Waals surface area contributed by atoms with Crippen molar-refractivity contribution in [2.75, 3.05) is 13.1 Å². The van der Waals surface area contributed by atoms with Crippen molar-refractivity contribution in [2.24, 2.45) is 0 Å². The molecule has 2 atom stereocenters. The van der Waals surface area contributed by atoms with Gasteiger partial charge in [-0.25, -0.2) is 0 Å². The zero-order valence-electron chi connectivity index (χ0n) is 11.4. The minimum absolute atomic E-state index is 0.177. The number of nitrogens with zero attached hydrogens (tertiary/aromatic N) is 4. The standard InChI is InChI=1S/C15H14N4O2/c16-8-10-3-4-12(11(7-10)9-17)13-14(20)18-5-1-2-6-19(18)15(13)21/h3-4,7,13-14,20H,1-2,5-6H2. The minimum atomic E-state index is -0.946. The van der Waals surface area contributed by atoms with Crippen LogP contribution in [-0.2, 0) is 4.79 Å². The van der Waals surface area contributed by atoms with E-state index in [1.807, 2.05) is 12.1 Å². The highest BCUT2D eigenvalue weighted by Gasteiger charge is 2.47. The van der Waals surface area contributed by atoms with E-state index in [-0.39, 0.29) is 11.5 Å². The van der Waals surface area contributed by atoms with E-state index in [0.29, 0.717) is 24.2 Å². The Morgan fingerprint density at radius 2 is 1.95 bits per heavy atom. The Morgan fingerprint density at radius 3 is 2.62 bits per heavy atom. The first-order chi connectivity index (χ1) is 10.2. The number of hydrogen-bond donors (Lipinski definition) is 1. The highest BCUT2D eigenvalue weighted by Crippen LogP contribution is 2.36. The van der Waals surface area contributed by atoms with E-state index in [4.69, 9.17) is 5.26 Å². The second-order valence-corrected chi connectivity index (χ2v) is 5.25. The van der Waals surface area contributed by atoms with Crippen molar-refractivity contribution in [3.8, 4) is 12.1 Å². The number of benzene rings is 1. The molecule has 1 aromatic carbocycles. The average Bonchev–Trinajstić information content (AvgIpc) is 2.79. The Morgan fingerprint density at radius 1 is 1.19 bits per heavy atom. The molecule has 2 aliphatic rings. The molecule has 1 amide bonds. The first kappa shape index (κ1) is 13.6. The topological polar surface area (TPSA) is 91.4 Å². The summed E-state index contributed by atoms with van der Waals surface area (Å²) in [7, 11) is 0. The molecule has 0 radical (unpaired) electrons. The second-order valence-electron chi connectivity index (χ2n) is 5.25. The van der Waals surface area contributed by atoms with Crippen molar-refractivity contribution in [1.82, 2.24) is 10.0 Å². The van der Waals surface area contributed by atoms with Gasteiger partial charge in [0, 0.05) is 13.1 Å². The summed E-state index contributed by atoms with van der Waals surface area (Å²) in [5.41, 5.74) is 1.13. The van der Waals surface area contributed by atoms with E-state index in [9.17, 15) is 15.2 Å². The molecule has 1 N–H and O–H groups in total. The maximum absolute atomic E-state index is 12.5. The Hall–Kier alpha value is -2.41. The zero-order chi connectivity index (χ0) is 15.0. The molecular weight excluding hydrogens is 268 g/mol. The van der Waals surface area contributed by atoms with Crippen LogP contribution >= 0.6 is 0 Å². The van der Waals surface area contributed by atoms with Crippen molar-refractivity contribution < 1.29 is 9.90 Å². The number of nitriles is 2. The fourth-order valence-corrected chi connectivity index (χ4v) is 3.04. The van der Waals surface area contributed by atoms with Gasteiger partial charge >= 0.3 is 0 Å². The smallest absolute Gasteiger partial charge is 0.248 e. The largest absolute Gasteiger partial charge is 0.375 e. The van der Waals surface area contributed by atoms with E-state index >= 15 is 0 Å². The van der Waals surface area contributed by atoms with Gasteiger partial charge in [-0.05, 0) is 30.5 Å². The van der Waals surface area contributed by atoms with E-state index < -0.39 is 12.1 Å². The molecule has 2 unspecified atom stereocenters. The van der Waals surface area contributed by atoms with Crippen molar-refractivity contribution in [1.29, 1.82) is 10.5 Å². The fraction of sp³-hybridized carbons (Fsp3) is 0.400. The highest BCUT2D eigenvalue weighted by molar-refractivity contribution is 5.86. The molecule has 3 rings (SSSR count). The molecule has 2 heterocycles. The quantitative estimate of drug-likeness (QED) is 0.818. The molecule has 2 fully saturated rings. The van der Waals surface area contributed by atoms with Crippen molar-refractivity contribution in [3.63, 3.8) is 0 Å². The van der Waals surface area contributed by atoms with E-state index in [1.54, 1.807) is 22.2 Å². The Kier molecular flexibility index (Phi) is 3.34. The van der Waals surface area contributed by atoms with E-state index in [2.05, 4.69) is 0 Å². The summed E-state index contributed by atoms with van der Waals surface area (Å²) in [6.45, 7) is 1.24. The average molecular weight is 282 g/mol. The summed E-state index contributed by atoms with van der Waals surface area (Å²) in [4.78, 5) is 12.5. The van der Waals surface area contributed by atoms with Gasteiger partial charge in [-0.2, -0.15) is 15.5 Å². The number of carbonyl (C=O) groups is 1. The van der Waals surface area contributed by atoms with Gasteiger partial charge in [0.2, 0.25) is 5.91 Å². The number of fused-ring (bicyclic) bond motifs is 1. The predicted octanol–water partition coefficient (Wildman–Crippen LogP) is 0.685. The lowest BCUT2D eigenvalue weighted by atomic mass is 9.92. The third kappa shape index (κ3) is 2.06. The monoisotopic (exact) mass is 282 g/mol. The molecule has 0 saturated carbocycles. The molecular formula is C15H14N4O2. The van der Waals surface area contributed by atoms with Gasteiger partial charge in [0.05, 0.1) is 23.3 Å². The number of aliphatic hydroxyl groups excluding tert-OH is 1. The molecule has 106 valence electrons. The minimum Gasteiger partial charge on any atom is -0.375 e. The number of amides is 1. The molecule has 0 spiro atoms. The lowest BCUT2D eigenvalue weighted by Gasteiger charge is -2.33. The summed E-state index contributed by atoms with van der Waals surface area (Å²) in [5, 5.41) is 31.8. The van der Waals surface area contributed by atoms with Gasteiger partial charge in [0.25, 0.3) is 0 Å². The number of hydrogen-bond acceptors (Lipinski definition) is 5. The molecule has 21 heavy (non-hydrogen) atoms. The molecule has 0 bridgehead atoms. The first-order valence-corrected chi connectivity index (χ1v) is 6.87. The molecule has 2 saturated heterocycles. The molecule has 0 aliphatic carbocycles. The van der Waals surface area contributed by atoms with Gasteiger partial charge in [0.1, 0.15) is 12.1 Å². The summed E-state index contributed by atoms with van der Waals surface area (Å²) < 4.78 is 0. The Balaban J connectivity index is 2.03. The summed E-state index contributed by atoms with van der Waals surface area (Å²) >= 11 is 0. The van der Waals surface area contributed by atoms with E-state index in [0.717, 1.165) is 12.8 Å². The fourth-order valence-electron chi connectivity index (χ4n) is 3.04. The van der Waals surface area contributed by atoms with Crippen LogP contribution in [0.5, 0.6) is 0 Å². The molecule has 2 aliphatic heterocycles. The number of hydrazine groups is 1. The van der Waals surface area contributed by atoms with Gasteiger partial charge < -0.3 is 5.11 Å². The first-order valence-electron chi connectivity index (χ1n) is 6.87. The van der Waals surface area contributed by atoms with Gasteiger partial charge in [-0.15, -0.1) is 0 Å². The van der Waals surface area contributed by atoms with Crippen LogP contribution in [0.2, 0.25) is 0 Å². The van der Waals surface area contributed by atoms with Crippen LogP contribution in [0.15, 0.2) is 18.2 Å². The van der Waals surface area contributed by atoms with E-state index in [1.165, 1.54) is 6.07 Å².